The van der Waals surface area contributed by atoms with E-state index in [1.54, 1.807) is 0 Å². The van der Waals surface area contributed by atoms with Gasteiger partial charge in [0.2, 0.25) is 0 Å². The molecule has 2 unspecified atom stereocenters. The van der Waals surface area contributed by atoms with Crippen molar-refractivity contribution in [1.29, 1.82) is 0 Å². The first-order valence-corrected chi connectivity index (χ1v) is 12.5. The molecule has 0 heterocycles. The van der Waals surface area contributed by atoms with Gasteiger partial charge in [0, 0.05) is 0 Å². The van der Waals surface area contributed by atoms with Crippen molar-refractivity contribution in [3.05, 3.63) is 138 Å². The Hall–Kier alpha value is -1.53. The molecule has 0 saturated heterocycles. The maximum Gasteiger partial charge on any atom is 2.00 e. The third kappa shape index (κ3) is 16.3. The van der Waals surface area contributed by atoms with Gasteiger partial charge in [-0.1, -0.05) is 102 Å². The zero-order valence-corrected chi connectivity index (χ0v) is 26.2. The van der Waals surface area contributed by atoms with E-state index in [1.165, 1.54) is 47.9 Å². The number of hydrogen-bond donors (Lipinski definition) is 0. The molecule has 0 nitrogen and oxygen atoms in total. The van der Waals surface area contributed by atoms with Gasteiger partial charge in [-0.15, -0.1) is 41.8 Å². The Bertz CT molecular complexity index is 852. The molecule has 0 fully saturated rings. The van der Waals surface area contributed by atoms with Crippen LogP contribution in [0.2, 0.25) is 0 Å². The SMILES string of the molecule is CCC(C)C[c-]1cccc1.CCC(C)C[c-]1cccc1.[Cl-].[Cl-].[Zr+2].c1ccc([CH-]c2ccccc2)cc1. The van der Waals surface area contributed by atoms with Gasteiger partial charge in [-0.2, -0.15) is 35.4 Å². The summed E-state index contributed by atoms with van der Waals surface area (Å²) < 4.78 is 0. The first-order valence-electron chi connectivity index (χ1n) is 12.5. The van der Waals surface area contributed by atoms with E-state index in [-0.39, 0.29) is 51.0 Å². The third-order valence-corrected chi connectivity index (χ3v) is 5.96. The van der Waals surface area contributed by atoms with Crippen molar-refractivity contribution in [2.75, 3.05) is 0 Å². The second kappa shape index (κ2) is 22.7. The van der Waals surface area contributed by atoms with Crippen LogP contribution >= 0.6 is 0 Å². The van der Waals surface area contributed by atoms with E-state index in [0.29, 0.717) is 0 Å². The molecular weight excluding hydrogens is 558 g/mol. The summed E-state index contributed by atoms with van der Waals surface area (Å²) in [5.74, 6) is 1.67. The van der Waals surface area contributed by atoms with Crippen molar-refractivity contribution in [3.8, 4) is 0 Å². The minimum absolute atomic E-state index is 0. The van der Waals surface area contributed by atoms with E-state index in [0.717, 1.165) is 11.8 Å². The maximum absolute atomic E-state index is 2.30. The Balaban J connectivity index is 0. The van der Waals surface area contributed by atoms with Crippen LogP contribution in [0.15, 0.2) is 109 Å². The quantitative estimate of drug-likeness (QED) is 0.273. The van der Waals surface area contributed by atoms with Gasteiger partial charge in [0.1, 0.15) is 0 Å². The fraction of sp³-hybridized carbons (Fsp3) is 0.303. The molecule has 0 bridgehead atoms. The van der Waals surface area contributed by atoms with Crippen LogP contribution in [-0.4, -0.2) is 0 Å². The summed E-state index contributed by atoms with van der Waals surface area (Å²) >= 11 is 0. The molecule has 4 aromatic carbocycles. The van der Waals surface area contributed by atoms with Gasteiger partial charge < -0.3 is 24.8 Å². The molecule has 4 aromatic rings. The van der Waals surface area contributed by atoms with Crippen molar-refractivity contribution < 1.29 is 51.0 Å². The number of hydrogen-bond acceptors (Lipinski definition) is 0. The predicted molar refractivity (Wildman–Crippen MR) is 146 cm³/mol. The molecule has 0 aromatic heterocycles. The van der Waals surface area contributed by atoms with Crippen molar-refractivity contribution in [2.24, 2.45) is 11.8 Å². The van der Waals surface area contributed by atoms with Gasteiger partial charge >= 0.3 is 26.2 Å². The van der Waals surface area contributed by atoms with Crippen molar-refractivity contribution in [1.82, 2.24) is 0 Å². The molecule has 3 heteroatoms. The van der Waals surface area contributed by atoms with Crippen LogP contribution in [0.4, 0.5) is 0 Å². The Morgan fingerprint density at radius 1 is 0.556 bits per heavy atom. The molecule has 0 spiro atoms. The van der Waals surface area contributed by atoms with Crippen LogP contribution in [0, 0.1) is 18.3 Å². The predicted octanol–water partition coefficient (Wildman–Crippen LogP) is 3.28. The second-order valence-corrected chi connectivity index (χ2v) is 8.99. The molecule has 4 rings (SSSR count). The van der Waals surface area contributed by atoms with Gasteiger partial charge in [-0.25, -0.2) is 24.3 Å². The van der Waals surface area contributed by atoms with Gasteiger partial charge in [-0.3, -0.25) is 0 Å². The summed E-state index contributed by atoms with van der Waals surface area (Å²) in [4.78, 5) is 0. The molecule has 0 saturated carbocycles. The average molecular weight is 600 g/mol. The zero-order valence-electron chi connectivity index (χ0n) is 22.2. The van der Waals surface area contributed by atoms with Gasteiger partial charge in [-0.05, 0) is 0 Å². The topological polar surface area (TPSA) is 0 Å². The molecule has 0 aliphatic heterocycles. The molecule has 194 valence electrons. The van der Waals surface area contributed by atoms with Crippen LogP contribution < -0.4 is 24.8 Å². The van der Waals surface area contributed by atoms with Crippen molar-refractivity contribution in [2.45, 2.75) is 53.4 Å². The third-order valence-electron chi connectivity index (χ3n) is 5.96. The van der Waals surface area contributed by atoms with E-state index in [1.807, 2.05) is 12.1 Å². The summed E-state index contributed by atoms with van der Waals surface area (Å²) in [5, 5.41) is 0. The van der Waals surface area contributed by atoms with Crippen molar-refractivity contribution in [3.63, 3.8) is 0 Å². The molecule has 0 amide bonds. The molecule has 36 heavy (non-hydrogen) atoms. The second-order valence-electron chi connectivity index (χ2n) is 8.99. The van der Waals surface area contributed by atoms with E-state index < -0.39 is 0 Å². The van der Waals surface area contributed by atoms with Gasteiger partial charge in [0.05, 0.1) is 0 Å². The minimum Gasteiger partial charge on any atom is -1.00 e. The smallest absolute Gasteiger partial charge is 1.00 e. The monoisotopic (exact) mass is 597 g/mol. The first-order chi connectivity index (χ1) is 16.1. The molecule has 0 N–H and O–H groups in total. The first kappa shape index (κ1) is 36.6. The van der Waals surface area contributed by atoms with E-state index in [2.05, 4.69) is 131 Å². The number of halogens is 2. The van der Waals surface area contributed by atoms with Crippen LogP contribution in [0.1, 0.15) is 62.8 Å². The van der Waals surface area contributed by atoms with Crippen LogP contribution in [0.25, 0.3) is 0 Å². The molecule has 0 radical (unpaired) electrons. The Kier molecular flexibility index (Phi) is 23.0. The molecular formula is C33H41Cl2Zr-3. The van der Waals surface area contributed by atoms with Gasteiger partial charge in [0.15, 0.2) is 0 Å². The Morgan fingerprint density at radius 3 is 1.14 bits per heavy atom. The number of rotatable bonds is 8. The van der Waals surface area contributed by atoms with E-state index in [9.17, 15) is 0 Å². The fourth-order valence-electron chi connectivity index (χ4n) is 3.48. The average Bonchev–Trinajstić information content (AvgIpc) is 3.56. The molecule has 0 aliphatic rings. The summed E-state index contributed by atoms with van der Waals surface area (Å²) in [6, 6.07) is 37.9. The minimum atomic E-state index is 0. The summed E-state index contributed by atoms with van der Waals surface area (Å²) in [6.45, 7) is 9.08. The fourth-order valence-corrected chi connectivity index (χ4v) is 3.48. The van der Waals surface area contributed by atoms with Crippen LogP contribution in [0.3, 0.4) is 0 Å². The van der Waals surface area contributed by atoms with E-state index in [4.69, 9.17) is 0 Å². The Labute approximate surface area is 252 Å². The summed E-state index contributed by atoms with van der Waals surface area (Å²) in [7, 11) is 0. The van der Waals surface area contributed by atoms with Crippen LogP contribution in [0.5, 0.6) is 0 Å². The maximum atomic E-state index is 2.30. The number of benzene rings is 2. The Morgan fingerprint density at radius 2 is 0.861 bits per heavy atom. The van der Waals surface area contributed by atoms with Crippen LogP contribution in [-0.2, 0) is 39.0 Å². The standard InChI is InChI=1S/C13H11.2C10H15.2ClH.Zr/c1-3-7-12(8-4-1)11-13-9-5-2-6-10-13;2*1-3-9(2)8-10-6-4-5-7-10;;;/h1-11H;2*4-7,9H,3,8H2,1-2H3;2*1H;/q3*-1;;;+2/p-2. The largest absolute Gasteiger partial charge is 2.00 e. The van der Waals surface area contributed by atoms with Crippen molar-refractivity contribution >= 4 is 0 Å². The summed E-state index contributed by atoms with van der Waals surface area (Å²) in [5.41, 5.74) is 5.45. The summed E-state index contributed by atoms with van der Waals surface area (Å²) in [6.07, 6.45) is 7.21. The zero-order chi connectivity index (χ0) is 23.7. The molecule has 2 atom stereocenters. The van der Waals surface area contributed by atoms with Gasteiger partial charge in [0.25, 0.3) is 0 Å². The molecule has 0 aliphatic carbocycles. The normalized spacial score (nSPS) is 10.9. The van der Waals surface area contributed by atoms with E-state index >= 15 is 0 Å².